The Bertz CT molecular complexity index is 438. The largest absolute Gasteiger partial charge is 0.351 e. The van der Waals surface area contributed by atoms with Gasteiger partial charge in [-0.05, 0) is 26.0 Å². The van der Waals surface area contributed by atoms with E-state index >= 15 is 0 Å². The number of amides is 2. The Morgan fingerprint density at radius 1 is 1.11 bits per heavy atom. The Kier molecular flexibility index (Phi) is 5.64. The van der Waals surface area contributed by atoms with Crippen molar-refractivity contribution >= 4 is 11.8 Å². The Morgan fingerprint density at radius 3 is 2.33 bits per heavy atom. The Labute approximate surface area is 107 Å². The van der Waals surface area contributed by atoms with Gasteiger partial charge in [-0.15, -0.1) is 0 Å². The summed E-state index contributed by atoms with van der Waals surface area (Å²) in [5.41, 5.74) is 1.29. The van der Waals surface area contributed by atoms with Gasteiger partial charge in [-0.3, -0.25) is 9.59 Å². The van der Waals surface area contributed by atoms with Gasteiger partial charge < -0.3 is 10.6 Å². The van der Waals surface area contributed by atoms with E-state index in [1.54, 1.807) is 25.1 Å². The first kappa shape index (κ1) is 14.0. The number of carbonyl (C=O) groups excluding carboxylic acids is 2. The van der Waals surface area contributed by atoms with Gasteiger partial charge in [0, 0.05) is 24.2 Å². The van der Waals surface area contributed by atoms with Crippen LogP contribution in [0.25, 0.3) is 0 Å². The number of carbonyl (C=O) groups is 2. The molecule has 0 aromatic heterocycles. The zero-order valence-corrected chi connectivity index (χ0v) is 10.7. The molecule has 4 heteroatoms. The van der Waals surface area contributed by atoms with Crippen LogP contribution in [0, 0.1) is 0 Å². The highest BCUT2D eigenvalue weighted by Crippen LogP contribution is 1.97. The van der Waals surface area contributed by atoms with Crippen molar-refractivity contribution in [2.24, 2.45) is 0 Å². The third-order valence-corrected chi connectivity index (χ3v) is 2.52. The molecule has 96 valence electrons. The smallest absolute Gasteiger partial charge is 0.251 e. The molecule has 0 fully saturated rings. The summed E-state index contributed by atoms with van der Waals surface area (Å²) in [7, 11) is 0. The molecule has 2 amide bonds. The summed E-state index contributed by atoms with van der Waals surface area (Å²) in [5, 5.41) is 5.46. The molecule has 0 bridgehead atoms. The molecule has 4 nitrogen and oxygen atoms in total. The summed E-state index contributed by atoms with van der Waals surface area (Å²) in [5.74, 6) is -0.237. The highest BCUT2D eigenvalue weighted by atomic mass is 16.2. The van der Waals surface area contributed by atoms with Crippen LogP contribution in [0.5, 0.6) is 0 Å². The molecule has 0 radical (unpaired) electrons. The average Bonchev–Trinajstić information content (AvgIpc) is 2.43. The maximum absolute atomic E-state index is 11.6. The van der Waals surface area contributed by atoms with Gasteiger partial charge in [-0.1, -0.05) is 24.3 Å². The molecular weight excluding hydrogens is 228 g/mol. The molecular formula is C14H18N2O2. The molecule has 0 saturated carbocycles. The lowest BCUT2D eigenvalue weighted by Gasteiger charge is -2.07. The van der Waals surface area contributed by atoms with Gasteiger partial charge in [-0.25, -0.2) is 0 Å². The monoisotopic (exact) mass is 246 g/mol. The van der Waals surface area contributed by atoms with Crippen LogP contribution in [0.3, 0.4) is 0 Å². The van der Waals surface area contributed by atoms with Crippen LogP contribution in [0.15, 0.2) is 42.0 Å². The van der Waals surface area contributed by atoms with Crippen molar-refractivity contribution in [3.63, 3.8) is 0 Å². The molecule has 18 heavy (non-hydrogen) atoms. The van der Waals surface area contributed by atoms with E-state index in [1.807, 2.05) is 25.1 Å². The van der Waals surface area contributed by atoms with Crippen molar-refractivity contribution in [3.05, 3.63) is 47.5 Å². The fourth-order valence-corrected chi connectivity index (χ4v) is 1.31. The van der Waals surface area contributed by atoms with E-state index in [-0.39, 0.29) is 11.8 Å². The minimum absolute atomic E-state index is 0.105. The number of rotatable bonds is 5. The van der Waals surface area contributed by atoms with Crippen molar-refractivity contribution in [1.29, 1.82) is 0 Å². The van der Waals surface area contributed by atoms with E-state index in [1.165, 1.54) is 0 Å². The first-order valence-electron chi connectivity index (χ1n) is 5.89. The summed E-state index contributed by atoms with van der Waals surface area (Å²) in [6, 6.07) is 8.98. The van der Waals surface area contributed by atoms with Crippen molar-refractivity contribution in [2.75, 3.05) is 13.1 Å². The first-order valence-corrected chi connectivity index (χ1v) is 5.89. The van der Waals surface area contributed by atoms with E-state index in [2.05, 4.69) is 10.6 Å². The summed E-state index contributed by atoms with van der Waals surface area (Å²) < 4.78 is 0. The molecule has 2 N–H and O–H groups in total. The molecule has 0 spiro atoms. The highest BCUT2D eigenvalue weighted by molar-refractivity contribution is 5.94. The minimum atomic E-state index is -0.132. The van der Waals surface area contributed by atoms with E-state index in [9.17, 15) is 9.59 Å². The maximum Gasteiger partial charge on any atom is 0.251 e. The van der Waals surface area contributed by atoms with Gasteiger partial charge in [0.25, 0.3) is 5.91 Å². The standard InChI is InChI=1S/C14H18N2O2/c1-3-11(2)13(17)15-9-10-16-14(18)12-7-5-4-6-8-12/h3-8H,9-10H2,1-2H3,(H,15,17)(H,16,18)/b11-3+. The number of nitrogens with one attached hydrogen (secondary N) is 2. The predicted molar refractivity (Wildman–Crippen MR) is 71.2 cm³/mol. The quantitative estimate of drug-likeness (QED) is 0.611. The third-order valence-electron chi connectivity index (χ3n) is 2.52. The van der Waals surface area contributed by atoms with Crippen LogP contribution >= 0.6 is 0 Å². The average molecular weight is 246 g/mol. The second-order valence-electron chi connectivity index (χ2n) is 3.85. The fourth-order valence-electron chi connectivity index (χ4n) is 1.31. The van der Waals surface area contributed by atoms with Crippen molar-refractivity contribution < 1.29 is 9.59 Å². The molecule has 0 unspecified atom stereocenters. The highest BCUT2D eigenvalue weighted by Gasteiger charge is 2.04. The first-order chi connectivity index (χ1) is 8.65. The SMILES string of the molecule is C/C=C(\C)C(=O)NCCNC(=O)c1ccccc1. The van der Waals surface area contributed by atoms with Crippen LogP contribution in [-0.4, -0.2) is 24.9 Å². The van der Waals surface area contributed by atoms with Crippen LogP contribution in [0.2, 0.25) is 0 Å². The zero-order chi connectivity index (χ0) is 13.4. The van der Waals surface area contributed by atoms with Gasteiger partial charge in [0.2, 0.25) is 5.91 Å². The van der Waals surface area contributed by atoms with Crippen molar-refractivity contribution in [2.45, 2.75) is 13.8 Å². The summed E-state index contributed by atoms with van der Waals surface area (Å²) in [6.07, 6.45) is 1.75. The number of hydrogen-bond acceptors (Lipinski definition) is 2. The molecule has 1 rings (SSSR count). The van der Waals surface area contributed by atoms with Crippen LogP contribution in [-0.2, 0) is 4.79 Å². The lowest BCUT2D eigenvalue weighted by molar-refractivity contribution is -0.117. The summed E-state index contributed by atoms with van der Waals surface area (Å²) >= 11 is 0. The predicted octanol–water partition coefficient (Wildman–Crippen LogP) is 1.50. The van der Waals surface area contributed by atoms with Gasteiger partial charge in [0.1, 0.15) is 0 Å². The Hall–Kier alpha value is -2.10. The molecule has 1 aromatic rings. The number of hydrogen-bond donors (Lipinski definition) is 2. The minimum Gasteiger partial charge on any atom is -0.351 e. The Balaban J connectivity index is 2.27. The summed E-state index contributed by atoms with van der Waals surface area (Å²) in [4.78, 5) is 23.0. The van der Waals surface area contributed by atoms with Gasteiger partial charge >= 0.3 is 0 Å². The van der Waals surface area contributed by atoms with Gasteiger partial charge in [0.15, 0.2) is 0 Å². The molecule has 0 saturated heterocycles. The molecule has 1 aromatic carbocycles. The van der Waals surface area contributed by atoms with Crippen molar-refractivity contribution in [1.82, 2.24) is 10.6 Å². The van der Waals surface area contributed by atoms with E-state index < -0.39 is 0 Å². The van der Waals surface area contributed by atoms with Crippen LogP contribution in [0.4, 0.5) is 0 Å². The van der Waals surface area contributed by atoms with E-state index in [0.717, 1.165) is 0 Å². The van der Waals surface area contributed by atoms with Crippen LogP contribution in [0.1, 0.15) is 24.2 Å². The lowest BCUT2D eigenvalue weighted by Crippen LogP contribution is -2.34. The number of allylic oxidation sites excluding steroid dienone is 1. The molecule has 0 aliphatic heterocycles. The fraction of sp³-hybridized carbons (Fsp3) is 0.286. The third kappa shape index (κ3) is 4.41. The van der Waals surface area contributed by atoms with E-state index in [4.69, 9.17) is 0 Å². The molecule has 0 aliphatic rings. The van der Waals surface area contributed by atoms with Crippen molar-refractivity contribution in [3.8, 4) is 0 Å². The number of benzene rings is 1. The van der Waals surface area contributed by atoms with Crippen LogP contribution < -0.4 is 10.6 Å². The Morgan fingerprint density at radius 2 is 1.72 bits per heavy atom. The normalized spacial score (nSPS) is 10.9. The lowest BCUT2D eigenvalue weighted by atomic mass is 10.2. The molecule has 0 heterocycles. The summed E-state index contributed by atoms with van der Waals surface area (Å²) in [6.45, 7) is 4.39. The molecule has 0 atom stereocenters. The topological polar surface area (TPSA) is 58.2 Å². The van der Waals surface area contributed by atoms with Gasteiger partial charge in [-0.2, -0.15) is 0 Å². The maximum atomic E-state index is 11.6. The zero-order valence-electron chi connectivity index (χ0n) is 10.7. The molecule has 0 aliphatic carbocycles. The van der Waals surface area contributed by atoms with Gasteiger partial charge in [0.05, 0.1) is 0 Å². The second-order valence-corrected chi connectivity index (χ2v) is 3.85. The van der Waals surface area contributed by atoms with E-state index in [0.29, 0.717) is 24.2 Å². The second kappa shape index (κ2) is 7.27.